The van der Waals surface area contributed by atoms with Crippen LogP contribution in [-0.4, -0.2) is 27.4 Å². The van der Waals surface area contributed by atoms with Gasteiger partial charge in [-0.2, -0.15) is 0 Å². The van der Waals surface area contributed by atoms with Gasteiger partial charge in [0.15, 0.2) is 11.5 Å². The smallest absolute Gasteiger partial charge is 0.230 e. The van der Waals surface area contributed by atoms with Crippen molar-refractivity contribution in [2.75, 3.05) is 12.4 Å². The molecule has 0 radical (unpaired) electrons. The third-order valence-corrected chi connectivity index (χ3v) is 4.37. The highest BCUT2D eigenvalue weighted by molar-refractivity contribution is 5.91. The molecule has 1 aromatic carbocycles. The number of imidazole rings is 1. The van der Waals surface area contributed by atoms with Crippen LogP contribution in [0.3, 0.4) is 0 Å². The van der Waals surface area contributed by atoms with Gasteiger partial charge in [-0.15, -0.1) is 0 Å². The Bertz CT molecular complexity index is 1150. The highest BCUT2D eigenvalue weighted by atomic mass is 16.5. The average Bonchev–Trinajstić information content (AvgIpc) is 3.13. The van der Waals surface area contributed by atoms with Gasteiger partial charge in [0.05, 0.1) is 31.1 Å². The first-order chi connectivity index (χ1) is 14.1. The van der Waals surface area contributed by atoms with E-state index in [-0.39, 0.29) is 12.3 Å². The van der Waals surface area contributed by atoms with Crippen LogP contribution in [-0.2, 0) is 11.2 Å². The topological polar surface area (TPSA) is 77.8 Å². The monoisotopic (exact) mass is 388 g/mol. The number of para-hydroxylation sites is 2. The number of methoxy groups -OCH3 is 1. The summed E-state index contributed by atoms with van der Waals surface area (Å²) < 4.78 is 12.9. The van der Waals surface area contributed by atoms with Crippen molar-refractivity contribution in [2.24, 2.45) is 0 Å². The zero-order chi connectivity index (χ0) is 20.2. The van der Waals surface area contributed by atoms with Gasteiger partial charge < -0.3 is 19.2 Å². The Kier molecular flexibility index (Phi) is 5.11. The Balaban J connectivity index is 1.40. The predicted octanol–water partition coefficient (Wildman–Crippen LogP) is 4.02. The number of benzene rings is 1. The Hall–Kier alpha value is -3.87. The molecule has 0 aliphatic carbocycles. The molecular weight excluding hydrogens is 368 g/mol. The second-order valence-corrected chi connectivity index (χ2v) is 6.52. The Labute approximate surface area is 168 Å². The number of carbonyl (C=O) groups excluding carboxylic acids is 1. The molecule has 0 saturated carbocycles. The van der Waals surface area contributed by atoms with Crippen LogP contribution in [0.25, 0.3) is 5.65 Å². The van der Waals surface area contributed by atoms with Crippen molar-refractivity contribution >= 4 is 17.2 Å². The molecule has 0 aliphatic rings. The van der Waals surface area contributed by atoms with E-state index in [1.807, 2.05) is 54.0 Å². The van der Waals surface area contributed by atoms with E-state index in [2.05, 4.69) is 15.3 Å². The van der Waals surface area contributed by atoms with E-state index in [0.717, 1.165) is 11.2 Å². The summed E-state index contributed by atoms with van der Waals surface area (Å²) in [7, 11) is 1.58. The molecule has 0 saturated heterocycles. The van der Waals surface area contributed by atoms with E-state index in [0.29, 0.717) is 28.8 Å². The second kappa shape index (κ2) is 8.02. The van der Waals surface area contributed by atoms with Gasteiger partial charge in [0.1, 0.15) is 5.65 Å². The maximum absolute atomic E-state index is 12.4. The third-order valence-electron chi connectivity index (χ3n) is 4.37. The van der Waals surface area contributed by atoms with Gasteiger partial charge in [0, 0.05) is 18.5 Å². The van der Waals surface area contributed by atoms with Crippen LogP contribution in [0.1, 0.15) is 11.3 Å². The van der Waals surface area contributed by atoms with Crippen molar-refractivity contribution in [3.63, 3.8) is 0 Å². The fraction of sp³-hybridized carbons (Fsp3) is 0.136. The van der Waals surface area contributed by atoms with Crippen LogP contribution in [0.5, 0.6) is 17.4 Å². The van der Waals surface area contributed by atoms with Crippen molar-refractivity contribution in [1.29, 1.82) is 0 Å². The van der Waals surface area contributed by atoms with Gasteiger partial charge in [-0.3, -0.25) is 4.79 Å². The minimum absolute atomic E-state index is 0.161. The number of aromatic nitrogens is 3. The minimum Gasteiger partial charge on any atom is -0.493 e. The molecule has 3 heterocycles. The summed E-state index contributed by atoms with van der Waals surface area (Å²) in [6.45, 7) is 1.99. The Morgan fingerprint density at radius 3 is 2.66 bits per heavy atom. The summed E-state index contributed by atoms with van der Waals surface area (Å²) in [6, 6.07) is 14.7. The number of nitrogens with one attached hydrogen (secondary N) is 1. The molecule has 146 valence electrons. The molecule has 3 aromatic heterocycles. The maximum Gasteiger partial charge on any atom is 0.230 e. The van der Waals surface area contributed by atoms with Crippen LogP contribution in [0.15, 0.2) is 67.1 Å². The number of nitrogens with zero attached hydrogens (tertiary/aromatic N) is 3. The summed E-state index contributed by atoms with van der Waals surface area (Å²) >= 11 is 0. The number of anilines is 1. The summed E-state index contributed by atoms with van der Waals surface area (Å²) in [5.74, 6) is 1.44. The van der Waals surface area contributed by atoms with Gasteiger partial charge >= 0.3 is 0 Å². The van der Waals surface area contributed by atoms with Crippen molar-refractivity contribution in [1.82, 2.24) is 14.4 Å². The maximum atomic E-state index is 12.4. The molecule has 0 spiro atoms. The lowest BCUT2D eigenvalue weighted by molar-refractivity contribution is -0.115. The van der Waals surface area contributed by atoms with E-state index < -0.39 is 0 Å². The molecule has 0 atom stereocenters. The normalized spacial score (nSPS) is 10.7. The fourth-order valence-electron chi connectivity index (χ4n) is 2.99. The van der Waals surface area contributed by atoms with Crippen LogP contribution in [0.4, 0.5) is 5.69 Å². The number of rotatable bonds is 6. The number of amides is 1. The van der Waals surface area contributed by atoms with Gasteiger partial charge in [-0.05, 0) is 36.8 Å². The molecule has 4 aromatic rings. The molecule has 29 heavy (non-hydrogen) atoms. The SMILES string of the molecule is COc1ccccc1Oc1ccc(NC(=O)Cc2cn3cccc(C)c3n2)cn1. The summed E-state index contributed by atoms with van der Waals surface area (Å²) in [5, 5.41) is 2.83. The first-order valence-electron chi connectivity index (χ1n) is 9.12. The Morgan fingerprint density at radius 1 is 1.10 bits per heavy atom. The summed E-state index contributed by atoms with van der Waals surface area (Å²) in [5.41, 5.74) is 3.21. The quantitative estimate of drug-likeness (QED) is 0.540. The molecule has 4 rings (SSSR count). The zero-order valence-electron chi connectivity index (χ0n) is 16.1. The van der Waals surface area contributed by atoms with Crippen LogP contribution >= 0.6 is 0 Å². The van der Waals surface area contributed by atoms with E-state index in [9.17, 15) is 4.79 Å². The molecule has 0 aliphatic heterocycles. The van der Waals surface area contributed by atoms with Gasteiger partial charge in [-0.1, -0.05) is 18.2 Å². The molecule has 0 fully saturated rings. The molecule has 0 unspecified atom stereocenters. The molecule has 1 N–H and O–H groups in total. The number of fused-ring (bicyclic) bond motifs is 1. The van der Waals surface area contributed by atoms with Crippen LogP contribution in [0, 0.1) is 6.92 Å². The second-order valence-electron chi connectivity index (χ2n) is 6.52. The number of hydrogen-bond acceptors (Lipinski definition) is 5. The lowest BCUT2D eigenvalue weighted by Crippen LogP contribution is -2.14. The van der Waals surface area contributed by atoms with E-state index in [1.165, 1.54) is 0 Å². The average molecular weight is 388 g/mol. The highest BCUT2D eigenvalue weighted by Crippen LogP contribution is 2.30. The van der Waals surface area contributed by atoms with Crippen LogP contribution < -0.4 is 14.8 Å². The molecule has 0 bridgehead atoms. The molecule has 7 nitrogen and oxygen atoms in total. The number of carbonyl (C=O) groups is 1. The highest BCUT2D eigenvalue weighted by Gasteiger charge is 2.10. The predicted molar refractivity (Wildman–Crippen MR) is 110 cm³/mol. The van der Waals surface area contributed by atoms with E-state index >= 15 is 0 Å². The number of pyridine rings is 2. The lowest BCUT2D eigenvalue weighted by Gasteiger charge is -2.09. The van der Waals surface area contributed by atoms with Gasteiger partial charge in [0.2, 0.25) is 11.8 Å². The summed E-state index contributed by atoms with van der Waals surface area (Å²) in [4.78, 5) is 21.1. The number of aryl methyl sites for hydroxylation is 1. The van der Waals surface area contributed by atoms with Crippen molar-refractivity contribution in [3.8, 4) is 17.4 Å². The minimum atomic E-state index is -0.161. The largest absolute Gasteiger partial charge is 0.493 e. The van der Waals surface area contributed by atoms with Crippen molar-refractivity contribution < 1.29 is 14.3 Å². The van der Waals surface area contributed by atoms with Crippen molar-refractivity contribution in [3.05, 3.63) is 78.4 Å². The Morgan fingerprint density at radius 2 is 1.93 bits per heavy atom. The lowest BCUT2D eigenvalue weighted by atomic mass is 10.3. The number of hydrogen-bond donors (Lipinski definition) is 1. The van der Waals surface area contributed by atoms with Gasteiger partial charge in [-0.25, -0.2) is 9.97 Å². The van der Waals surface area contributed by atoms with E-state index in [4.69, 9.17) is 9.47 Å². The van der Waals surface area contributed by atoms with E-state index in [1.54, 1.807) is 31.5 Å². The molecule has 7 heteroatoms. The third kappa shape index (κ3) is 4.19. The standard InChI is InChI=1S/C22H20N4O3/c1-15-6-5-11-26-14-17(25-22(15)26)12-20(27)24-16-9-10-21(23-13-16)29-19-8-4-3-7-18(19)28-2/h3-11,13-14H,12H2,1-2H3,(H,24,27). The fourth-order valence-corrected chi connectivity index (χ4v) is 2.99. The first-order valence-corrected chi connectivity index (χ1v) is 9.12. The summed E-state index contributed by atoms with van der Waals surface area (Å²) in [6.07, 6.45) is 5.52. The number of ether oxygens (including phenoxy) is 2. The van der Waals surface area contributed by atoms with Gasteiger partial charge in [0.25, 0.3) is 0 Å². The zero-order valence-corrected chi connectivity index (χ0v) is 16.1. The first kappa shape index (κ1) is 18.5. The van der Waals surface area contributed by atoms with Crippen LogP contribution in [0.2, 0.25) is 0 Å². The molecule has 1 amide bonds. The molecular formula is C22H20N4O3. The van der Waals surface area contributed by atoms with Crippen molar-refractivity contribution in [2.45, 2.75) is 13.3 Å².